The topological polar surface area (TPSA) is 127 Å². The van der Waals surface area contributed by atoms with E-state index in [2.05, 4.69) is 5.32 Å². The summed E-state index contributed by atoms with van der Waals surface area (Å²) in [4.78, 5) is 38.6. The molecule has 0 bridgehead atoms. The monoisotopic (exact) mass is 421 g/mol. The molecule has 2 aliphatic rings. The molecule has 10 nitrogen and oxygen atoms in total. The normalized spacial score (nSPS) is 16.2. The van der Waals surface area contributed by atoms with E-state index >= 15 is 0 Å². The number of amides is 4. The summed E-state index contributed by atoms with van der Waals surface area (Å²) in [5, 5.41) is 10.8. The molecule has 2 heterocycles. The number of nitrogens with zero attached hydrogens (tertiary/aromatic N) is 2. The fraction of sp³-hybridized carbons (Fsp3) is 0.143. The van der Waals surface area contributed by atoms with Gasteiger partial charge in [0.25, 0.3) is 11.8 Å². The lowest BCUT2D eigenvalue weighted by atomic mass is 10.1. The van der Waals surface area contributed by atoms with Crippen molar-refractivity contribution in [3.05, 3.63) is 47.5 Å². The minimum atomic E-state index is -0.871. The number of imide groups is 2. The van der Waals surface area contributed by atoms with Crippen LogP contribution >= 0.6 is 0 Å². The maximum Gasteiger partial charge on any atom is 0.335 e. The molecule has 0 spiro atoms. The summed E-state index contributed by atoms with van der Waals surface area (Å²) < 4.78 is 21.0. The summed E-state index contributed by atoms with van der Waals surface area (Å²) in [6.07, 6.45) is 1.33. The number of nitriles is 1. The fourth-order valence-corrected chi connectivity index (χ4v) is 3.09. The van der Waals surface area contributed by atoms with Gasteiger partial charge in [0, 0.05) is 6.07 Å². The van der Waals surface area contributed by atoms with Gasteiger partial charge in [-0.15, -0.1) is 0 Å². The number of carbonyl (C=O) groups excluding carboxylic acids is 3. The number of methoxy groups -OCH3 is 1. The molecule has 0 unspecified atom stereocenters. The van der Waals surface area contributed by atoms with Crippen molar-refractivity contribution in [1.29, 1.82) is 5.26 Å². The zero-order valence-corrected chi connectivity index (χ0v) is 16.2. The van der Waals surface area contributed by atoms with Gasteiger partial charge in [-0.05, 0) is 35.9 Å². The van der Waals surface area contributed by atoms with Crippen molar-refractivity contribution in [1.82, 2.24) is 5.32 Å². The first kappa shape index (κ1) is 19.8. The standard InChI is InChI=1S/C21H15N3O7/c1-28-17-9-12(2-4-15(17)29-7-6-22)8-14-19(25)23-21(27)24(20(14)26)13-3-5-16-18(10-13)31-11-30-16/h2-5,8-10H,7,11H2,1H3,(H,23,25,27)/b14-8+. The number of hydrogen-bond donors (Lipinski definition) is 1. The predicted octanol–water partition coefficient (Wildman–Crippen LogP) is 1.99. The summed E-state index contributed by atoms with van der Waals surface area (Å²) in [6.45, 7) is -0.122. The number of barbiturate groups is 1. The quantitative estimate of drug-likeness (QED) is 0.574. The van der Waals surface area contributed by atoms with Crippen molar-refractivity contribution in [2.45, 2.75) is 0 Å². The van der Waals surface area contributed by atoms with Gasteiger partial charge < -0.3 is 18.9 Å². The van der Waals surface area contributed by atoms with E-state index in [1.807, 2.05) is 6.07 Å². The second-order valence-corrected chi connectivity index (χ2v) is 6.35. The molecule has 1 saturated heterocycles. The lowest BCUT2D eigenvalue weighted by Crippen LogP contribution is -2.54. The number of anilines is 1. The molecule has 0 saturated carbocycles. The number of nitrogens with one attached hydrogen (secondary N) is 1. The third-order valence-corrected chi connectivity index (χ3v) is 4.51. The first-order chi connectivity index (χ1) is 15.0. The van der Waals surface area contributed by atoms with Gasteiger partial charge >= 0.3 is 6.03 Å². The summed E-state index contributed by atoms with van der Waals surface area (Å²) in [7, 11) is 1.42. The van der Waals surface area contributed by atoms with Gasteiger partial charge in [-0.1, -0.05) is 6.07 Å². The Labute approximate surface area is 176 Å². The third-order valence-electron chi connectivity index (χ3n) is 4.51. The Kier molecular flexibility index (Phi) is 5.15. The molecular weight excluding hydrogens is 406 g/mol. The van der Waals surface area contributed by atoms with E-state index in [0.29, 0.717) is 28.6 Å². The molecular formula is C21H15N3O7. The Balaban J connectivity index is 1.67. The highest BCUT2D eigenvalue weighted by atomic mass is 16.7. The van der Waals surface area contributed by atoms with Crippen LogP contribution < -0.4 is 29.2 Å². The van der Waals surface area contributed by atoms with E-state index in [4.69, 9.17) is 24.2 Å². The molecule has 2 aromatic rings. The SMILES string of the molecule is COc1cc(/C=C2\C(=O)NC(=O)N(c3ccc4c(c3)OCO4)C2=O)ccc1OCC#N. The lowest BCUT2D eigenvalue weighted by Gasteiger charge is -2.26. The molecule has 1 fully saturated rings. The van der Waals surface area contributed by atoms with Gasteiger partial charge in [-0.25, -0.2) is 9.69 Å². The Morgan fingerprint density at radius 3 is 2.71 bits per heavy atom. The summed E-state index contributed by atoms with van der Waals surface area (Å²) in [5.41, 5.74) is 0.438. The van der Waals surface area contributed by atoms with Crippen LogP contribution in [0, 0.1) is 11.3 Å². The first-order valence-electron chi connectivity index (χ1n) is 9.00. The van der Waals surface area contributed by atoms with Gasteiger partial charge in [0.1, 0.15) is 11.6 Å². The number of carbonyl (C=O) groups is 3. The first-order valence-corrected chi connectivity index (χ1v) is 9.00. The van der Waals surface area contributed by atoms with Crippen LogP contribution in [0.25, 0.3) is 6.08 Å². The van der Waals surface area contributed by atoms with Crippen LogP contribution in [0.5, 0.6) is 23.0 Å². The molecule has 10 heteroatoms. The van der Waals surface area contributed by atoms with E-state index in [1.54, 1.807) is 24.3 Å². The maximum absolute atomic E-state index is 13.0. The average molecular weight is 421 g/mol. The van der Waals surface area contributed by atoms with Crippen molar-refractivity contribution < 1.29 is 33.3 Å². The smallest absolute Gasteiger partial charge is 0.335 e. The zero-order chi connectivity index (χ0) is 22.0. The van der Waals surface area contributed by atoms with Crippen LogP contribution in [0.4, 0.5) is 10.5 Å². The molecule has 4 amide bonds. The predicted molar refractivity (Wildman–Crippen MR) is 106 cm³/mol. The fourth-order valence-electron chi connectivity index (χ4n) is 3.09. The van der Waals surface area contributed by atoms with Crippen molar-refractivity contribution in [3.63, 3.8) is 0 Å². The van der Waals surface area contributed by atoms with E-state index in [-0.39, 0.29) is 24.7 Å². The second-order valence-electron chi connectivity index (χ2n) is 6.35. The maximum atomic E-state index is 13.0. The van der Waals surface area contributed by atoms with Crippen LogP contribution in [0.2, 0.25) is 0 Å². The van der Waals surface area contributed by atoms with Gasteiger partial charge in [0.05, 0.1) is 12.8 Å². The van der Waals surface area contributed by atoms with Crippen LogP contribution in [0.3, 0.4) is 0 Å². The highest BCUT2D eigenvalue weighted by molar-refractivity contribution is 6.39. The van der Waals surface area contributed by atoms with E-state index < -0.39 is 17.8 Å². The van der Waals surface area contributed by atoms with Crippen LogP contribution in [-0.2, 0) is 9.59 Å². The second kappa shape index (κ2) is 8.08. The molecule has 2 aromatic carbocycles. The van der Waals surface area contributed by atoms with Crippen LogP contribution in [0.15, 0.2) is 42.0 Å². The largest absolute Gasteiger partial charge is 0.493 e. The number of fused-ring (bicyclic) bond motifs is 1. The summed E-state index contributed by atoms with van der Waals surface area (Å²) in [6, 6.07) is 10.2. The number of rotatable bonds is 5. The van der Waals surface area contributed by atoms with Crippen LogP contribution in [0.1, 0.15) is 5.56 Å². The Hall–Kier alpha value is -4.52. The van der Waals surface area contributed by atoms with E-state index in [9.17, 15) is 14.4 Å². The van der Waals surface area contributed by atoms with Gasteiger partial charge in [0.2, 0.25) is 6.79 Å². The van der Waals surface area contributed by atoms with Crippen LogP contribution in [-0.4, -0.2) is 38.4 Å². The number of hydrogen-bond acceptors (Lipinski definition) is 8. The molecule has 31 heavy (non-hydrogen) atoms. The molecule has 2 aliphatic heterocycles. The average Bonchev–Trinajstić information content (AvgIpc) is 3.23. The molecule has 0 aromatic heterocycles. The van der Waals surface area contributed by atoms with Crippen molar-refractivity contribution in [3.8, 4) is 29.1 Å². The summed E-state index contributed by atoms with van der Waals surface area (Å²) in [5.74, 6) is -0.0867. The molecule has 0 aliphatic carbocycles. The Morgan fingerprint density at radius 1 is 1.13 bits per heavy atom. The molecule has 0 radical (unpaired) electrons. The van der Waals surface area contributed by atoms with Crippen molar-refractivity contribution >= 4 is 29.6 Å². The molecule has 1 N–H and O–H groups in total. The minimum absolute atomic E-state index is 0.0402. The van der Waals surface area contributed by atoms with E-state index in [1.165, 1.54) is 25.3 Å². The van der Waals surface area contributed by atoms with Crippen molar-refractivity contribution in [2.24, 2.45) is 0 Å². The van der Waals surface area contributed by atoms with Gasteiger partial charge in [-0.2, -0.15) is 5.26 Å². The Morgan fingerprint density at radius 2 is 1.94 bits per heavy atom. The molecule has 0 atom stereocenters. The third kappa shape index (κ3) is 3.72. The number of urea groups is 1. The highest BCUT2D eigenvalue weighted by Gasteiger charge is 2.37. The lowest BCUT2D eigenvalue weighted by molar-refractivity contribution is -0.122. The number of ether oxygens (including phenoxy) is 4. The van der Waals surface area contributed by atoms with Crippen molar-refractivity contribution in [2.75, 3.05) is 25.4 Å². The zero-order valence-electron chi connectivity index (χ0n) is 16.2. The number of benzene rings is 2. The molecule has 156 valence electrons. The van der Waals surface area contributed by atoms with Gasteiger partial charge in [0.15, 0.2) is 29.6 Å². The Bertz CT molecular complexity index is 1170. The highest BCUT2D eigenvalue weighted by Crippen LogP contribution is 2.36. The van der Waals surface area contributed by atoms with Gasteiger partial charge in [-0.3, -0.25) is 14.9 Å². The summed E-state index contributed by atoms with van der Waals surface area (Å²) >= 11 is 0. The minimum Gasteiger partial charge on any atom is -0.493 e. The van der Waals surface area contributed by atoms with E-state index in [0.717, 1.165) is 4.90 Å². The molecule has 4 rings (SSSR count).